The minimum atomic E-state index is -0.522. The molecule has 1 saturated heterocycles. The van der Waals surface area contributed by atoms with Gasteiger partial charge >= 0.3 is 6.09 Å². The fourth-order valence-corrected chi connectivity index (χ4v) is 4.70. The van der Waals surface area contributed by atoms with Gasteiger partial charge in [0.1, 0.15) is 29.5 Å². The fraction of sp³-hybridized carbons (Fsp3) is 0.348. The van der Waals surface area contributed by atoms with E-state index in [1.807, 2.05) is 6.92 Å². The molecule has 9 heteroatoms. The average molecular weight is 435 g/mol. The highest BCUT2D eigenvalue weighted by atomic mass is 19.1. The maximum Gasteiger partial charge on any atom is 0.413 e. The molecule has 164 valence electrons. The lowest BCUT2D eigenvalue weighted by Gasteiger charge is -2.21. The van der Waals surface area contributed by atoms with E-state index in [-0.39, 0.29) is 11.4 Å². The summed E-state index contributed by atoms with van der Waals surface area (Å²) >= 11 is 0. The standard InChI is InChI=1S/C23H22FN5O3/c1-12-17(10-28-21-20(12)26-2-3-31-21)16-4-13-6-19(27-8-14(13)5-18(16)24)29-22(30)32-23-7-15(23)9-25-11-23/h4-6,8,10,15,25-26H,2-3,7,9,11H2,1H3,(H,27,29,30). The third-order valence-corrected chi connectivity index (χ3v) is 6.56. The fourth-order valence-electron chi connectivity index (χ4n) is 4.70. The van der Waals surface area contributed by atoms with Gasteiger partial charge in [-0.25, -0.2) is 19.2 Å². The van der Waals surface area contributed by atoms with Gasteiger partial charge in [-0.2, -0.15) is 0 Å². The Morgan fingerprint density at radius 1 is 1.25 bits per heavy atom. The molecule has 3 N–H and O–H groups in total. The number of carbonyl (C=O) groups excluding carboxylic acids is 1. The van der Waals surface area contributed by atoms with Gasteiger partial charge in [0.05, 0.1) is 0 Å². The molecule has 1 amide bonds. The van der Waals surface area contributed by atoms with Crippen molar-refractivity contribution >= 4 is 28.4 Å². The Hall–Kier alpha value is -3.46. The molecule has 0 radical (unpaired) electrons. The zero-order valence-corrected chi connectivity index (χ0v) is 17.5. The van der Waals surface area contributed by atoms with Crippen molar-refractivity contribution < 1.29 is 18.7 Å². The summed E-state index contributed by atoms with van der Waals surface area (Å²) in [6.07, 6.45) is 3.55. The molecule has 2 unspecified atom stereocenters. The number of fused-ring (bicyclic) bond motifs is 3. The van der Waals surface area contributed by atoms with E-state index in [1.165, 1.54) is 6.07 Å². The summed E-state index contributed by atoms with van der Waals surface area (Å²) in [5, 5.41) is 10.6. The van der Waals surface area contributed by atoms with Gasteiger partial charge < -0.3 is 20.1 Å². The van der Waals surface area contributed by atoms with Crippen LogP contribution in [0.15, 0.2) is 30.6 Å². The molecule has 32 heavy (non-hydrogen) atoms. The molecule has 0 bridgehead atoms. The number of hydrogen-bond donors (Lipinski definition) is 3. The van der Waals surface area contributed by atoms with Crippen molar-refractivity contribution in [3.8, 4) is 17.0 Å². The van der Waals surface area contributed by atoms with Crippen LogP contribution in [0.25, 0.3) is 21.9 Å². The summed E-state index contributed by atoms with van der Waals surface area (Å²) in [5.74, 6) is 0.919. The molecule has 1 aromatic carbocycles. The number of amides is 1. The average Bonchev–Trinajstić information content (AvgIpc) is 3.31. The molecule has 2 atom stereocenters. The van der Waals surface area contributed by atoms with Crippen LogP contribution in [0.4, 0.5) is 20.7 Å². The maximum absolute atomic E-state index is 15.0. The molecular formula is C23H22FN5O3. The number of aromatic nitrogens is 2. The SMILES string of the molecule is Cc1c(-c2cc3cc(NC(=O)OC45CNCC4C5)ncc3cc2F)cnc2c1NCCO2. The van der Waals surface area contributed by atoms with Crippen LogP contribution in [0, 0.1) is 18.7 Å². The third-order valence-electron chi connectivity index (χ3n) is 6.56. The number of anilines is 2. The number of pyridine rings is 2. The Morgan fingerprint density at radius 3 is 2.97 bits per heavy atom. The van der Waals surface area contributed by atoms with Gasteiger partial charge in [0, 0.05) is 54.5 Å². The number of nitrogens with zero attached hydrogens (tertiary/aromatic N) is 2. The number of hydrogen-bond acceptors (Lipinski definition) is 7. The molecule has 8 nitrogen and oxygen atoms in total. The van der Waals surface area contributed by atoms with Crippen molar-refractivity contribution in [2.45, 2.75) is 18.9 Å². The quantitative estimate of drug-likeness (QED) is 0.580. The van der Waals surface area contributed by atoms with E-state index in [0.29, 0.717) is 53.8 Å². The molecule has 2 aromatic heterocycles. The van der Waals surface area contributed by atoms with Crippen LogP contribution in [-0.4, -0.2) is 47.9 Å². The van der Waals surface area contributed by atoms with Crippen LogP contribution in [0.1, 0.15) is 12.0 Å². The van der Waals surface area contributed by atoms with E-state index in [1.54, 1.807) is 24.5 Å². The number of benzene rings is 1. The van der Waals surface area contributed by atoms with Crippen LogP contribution in [0.5, 0.6) is 5.88 Å². The summed E-state index contributed by atoms with van der Waals surface area (Å²) in [4.78, 5) is 21.0. The molecule has 2 fully saturated rings. The second-order valence-electron chi connectivity index (χ2n) is 8.61. The lowest BCUT2D eigenvalue weighted by Crippen LogP contribution is -2.29. The molecular weight excluding hydrogens is 413 g/mol. The maximum atomic E-state index is 15.0. The Labute approximate surface area is 183 Å². The van der Waals surface area contributed by atoms with Crippen LogP contribution in [-0.2, 0) is 4.74 Å². The molecule has 1 aliphatic carbocycles. The van der Waals surface area contributed by atoms with E-state index < -0.39 is 6.09 Å². The zero-order chi connectivity index (χ0) is 21.9. The highest BCUT2D eigenvalue weighted by molar-refractivity contribution is 5.92. The van der Waals surface area contributed by atoms with Gasteiger partial charge in [0.2, 0.25) is 5.88 Å². The van der Waals surface area contributed by atoms with Gasteiger partial charge in [-0.3, -0.25) is 5.32 Å². The summed E-state index contributed by atoms with van der Waals surface area (Å²) < 4.78 is 26.2. The Morgan fingerprint density at radius 2 is 2.16 bits per heavy atom. The summed E-state index contributed by atoms with van der Waals surface area (Å²) in [7, 11) is 0. The van der Waals surface area contributed by atoms with Gasteiger partial charge in [0.25, 0.3) is 0 Å². The van der Waals surface area contributed by atoms with Gasteiger partial charge in [-0.05, 0) is 42.5 Å². The predicted molar refractivity (Wildman–Crippen MR) is 117 cm³/mol. The first-order valence-electron chi connectivity index (χ1n) is 10.7. The number of halogens is 1. The number of rotatable bonds is 3. The van der Waals surface area contributed by atoms with E-state index in [9.17, 15) is 9.18 Å². The minimum absolute atomic E-state index is 0.356. The van der Waals surface area contributed by atoms with Crippen LogP contribution in [0.3, 0.4) is 0 Å². The molecule has 4 heterocycles. The second-order valence-corrected chi connectivity index (χ2v) is 8.61. The first-order chi connectivity index (χ1) is 15.5. The van der Waals surface area contributed by atoms with E-state index in [2.05, 4.69) is 25.9 Å². The molecule has 6 rings (SSSR count). The zero-order valence-electron chi connectivity index (χ0n) is 17.5. The second kappa shape index (κ2) is 7.03. The topological polar surface area (TPSA) is 97.4 Å². The number of carbonyl (C=O) groups is 1. The van der Waals surface area contributed by atoms with Crippen molar-refractivity contribution in [1.82, 2.24) is 15.3 Å². The molecule has 3 aliphatic rings. The van der Waals surface area contributed by atoms with Crippen molar-refractivity contribution in [2.24, 2.45) is 5.92 Å². The largest absolute Gasteiger partial charge is 0.474 e. The Balaban J connectivity index is 1.31. The lowest BCUT2D eigenvalue weighted by molar-refractivity contribution is 0.0976. The first kappa shape index (κ1) is 19.2. The van der Waals surface area contributed by atoms with Crippen LogP contribution in [0.2, 0.25) is 0 Å². The third kappa shape index (κ3) is 3.12. The molecule has 3 aromatic rings. The number of piperidine rings is 1. The Kier molecular flexibility index (Phi) is 4.23. The number of ether oxygens (including phenoxy) is 2. The predicted octanol–water partition coefficient (Wildman–Crippen LogP) is 3.46. The van der Waals surface area contributed by atoms with Gasteiger partial charge in [-0.1, -0.05) is 0 Å². The summed E-state index contributed by atoms with van der Waals surface area (Å²) in [6.45, 7) is 4.71. The smallest absolute Gasteiger partial charge is 0.413 e. The normalized spacial score (nSPS) is 23.0. The minimum Gasteiger partial charge on any atom is -0.474 e. The van der Waals surface area contributed by atoms with Crippen molar-refractivity contribution in [1.29, 1.82) is 0 Å². The highest BCUT2D eigenvalue weighted by Gasteiger charge is 2.61. The highest BCUT2D eigenvalue weighted by Crippen LogP contribution is 2.49. The van der Waals surface area contributed by atoms with Crippen LogP contribution < -0.4 is 20.7 Å². The molecule has 1 saturated carbocycles. The van der Waals surface area contributed by atoms with Crippen molar-refractivity contribution in [3.63, 3.8) is 0 Å². The van der Waals surface area contributed by atoms with Crippen molar-refractivity contribution in [3.05, 3.63) is 42.0 Å². The van der Waals surface area contributed by atoms with E-state index in [0.717, 1.165) is 29.6 Å². The van der Waals surface area contributed by atoms with Crippen molar-refractivity contribution in [2.75, 3.05) is 36.9 Å². The van der Waals surface area contributed by atoms with E-state index in [4.69, 9.17) is 9.47 Å². The monoisotopic (exact) mass is 435 g/mol. The van der Waals surface area contributed by atoms with Gasteiger partial charge in [-0.15, -0.1) is 0 Å². The first-order valence-corrected chi connectivity index (χ1v) is 10.7. The number of nitrogens with one attached hydrogen (secondary N) is 3. The summed E-state index contributed by atoms with van der Waals surface area (Å²) in [5.41, 5.74) is 2.39. The van der Waals surface area contributed by atoms with E-state index >= 15 is 0 Å². The van der Waals surface area contributed by atoms with Crippen LogP contribution >= 0.6 is 0 Å². The molecule has 0 spiro atoms. The molecule has 2 aliphatic heterocycles. The lowest BCUT2D eigenvalue weighted by atomic mass is 9.98. The summed E-state index contributed by atoms with van der Waals surface area (Å²) in [6, 6.07) is 4.91. The van der Waals surface area contributed by atoms with Gasteiger partial charge in [0.15, 0.2) is 0 Å². The Bertz CT molecular complexity index is 1270.